The largest absolute Gasteiger partial charge is 0.457 e. The minimum absolute atomic E-state index is 0.238. The lowest BCUT2D eigenvalue weighted by Gasteiger charge is -2.07. The second kappa shape index (κ2) is 9.21. The Hall–Kier alpha value is -3.69. The van der Waals surface area contributed by atoms with Gasteiger partial charge in [0.05, 0.1) is 4.90 Å². The predicted molar refractivity (Wildman–Crippen MR) is 126 cm³/mol. The summed E-state index contributed by atoms with van der Waals surface area (Å²) in [6, 6.07) is 22.8. The van der Waals surface area contributed by atoms with E-state index in [9.17, 15) is 13.2 Å². The third-order valence-electron chi connectivity index (χ3n) is 4.36. The molecule has 0 unspecified atom stereocenters. The van der Waals surface area contributed by atoms with Gasteiger partial charge in [0, 0.05) is 23.0 Å². The fraction of sp³-hybridized carbons (Fsp3) is 0.0435. The summed E-state index contributed by atoms with van der Waals surface area (Å²) in [6.07, 6.45) is 1.16. The minimum atomic E-state index is -3.25. The third-order valence-corrected chi connectivity index (χ3v) is 6.25. The van der Waals surface area contributed by atoms with Gasteiger partial charge in [0.25, 0.3) is 5.91 Å². The number of benzene rings is 3. The van der Waals surface area contributed by atoms with Crippen molar-refractivity contribution < 1.29 is 17.9 Å². The second-order valence-electron chi connectivity index (χ2n) is 6.85. The molecule has 0 aliphatic rings. The van der Waals surface area contributed by atoms with E-state index < -0.39 is 9.84 Å². The number of rotatable bonds is 7. The number of ether oxygens (including phenoxy) is 1. The minimum Gasteiger partial charge on any atom is -0.457 e. The van der Waals surface area contributed by atoms with Crippen LogP contribution in [0.5, 0.6) is 11.5 Å². The summed E-state index contributed by atoms with van der Waals surface area (Å²) in [7, 11) is -3.25. The maximum absolute atomic E-state index is 12.5. The van der Waals surface area contributed by atoms with Gasteiger partial charge in [-0.2, -0.15) is 0 Å². The molecule has 2 N–H and O–H groups in total. The first kappa shape index (κ1) is 21.5. The summed E-state index contributed by atoms with van der Waals surface area (Å²) >= 11 is 1.28. The molecule has 4 aromatic rings. The number of hydrogen-bond donors (Lipinski definition) is 2. The van der Waals surface area contributed by atoms with Gasteiger partial charge in [0.1, 0.15) is 17.2 Å². The topological polar surface area (TPSA) is 97.4 Å². The van der Waals surface area contributed by atoms with Crippen LogP contribution in [0.1, 0.15) is 10.5 Å². The molecule has 7 nitrogen and oxygen atoms in total. The van der Waals surface area contributed by atoms with Crippen LogP contribution in [0.2, 0.25) is 0 Å². The highest BCUT2D eigenvalue weighted by atomic mass is 32.2. The summed E-state index contributed by atoms with van der Waals surface area (Å²) in [5.74, 6) is 1.06. The van der Waals surface area contributed by atoms with Gasteiger partial charge in [-0.15, -0.1) is 11.3 Å². The van der Waals surface area contributed by atoms with Gasteiger partial charge < -0.3 is 15.4 Å². The normalized spacial score (nSPS) is 11.0. The number of anilines is 3. The number of thiazole rings is 1. The smallest absolute Gasteiger partial charge is 0.275 e. The van der Waals surface area contributed by atoms with Crippen LogP contribution >= 0.6 is 11.3 Å². The molecule has 0 atom stereocenters. The van der Waals surface area contributed by atoms with E-state index in [-0.39, 0.29) is 16.5 Å². The Labute approximate surface area is 189 Å². The van der Waals surface area contributed by atoms with Crippen molar-refractivity contribution in [2.24, 2.45) is 0 Å². The molecule has 0 aliphatic carbocycles. The average molecular weight is 466 g/mol. The Morgan fingerprint density at radius 2 is 1.50 bits per heavy atom. The van der Waals surface area contributed by atoms with Crippen molar-refractivity contribution >= 4 is 43.6 Å². The molecule has 9 heteroatoms. The van der Waals surface area contributed by atoms with Crippen molar-refractivity contribution in [1.82, 2.24) is 4.98 Å². The first-order chi connectivity index (χ1) is 15.4. The van der Waals surface area contributed by atoms with Gasteiger partial charge in [-0.1, -0.05) is 18.2 Å². The van der Waals surface area contributed by atoms with Gasteiger partial charge in [0.15, 0.2) is 15.0 Å². The third kappa shape index (κ3) is 5.51. The molecule has 0 aliphatic heterocycles. The zero-order chi connectivity index (χ0) is 22.6. The molecule has 4 rings (SSSR count). The van der Waals surface area contributed by atoms with Gasteiger partial charge in [-0.05, 0) is 60.7 Å². The Kier molecular flexibility index (Phi) is 6.20. The van der Waals surface area contributed by atoms with Crippen LogP contribution < -0.4 is 15.4 Å². The van der Waals surface area contributed by atoms with Crippen LogP contribution in [0, 0.1) is 0 Å². The van der Waals surface area contributed by atoms with Gasteiger partial charge >= 0.3 is 0 Å². The molecule has 1 amide bonds. The lowest BCUT2D eigenvalue weighted by molar-refractivity contribution is 0.102. The molecule has 162 valence electrons. The number of carbonyl (C=O) groups is 1. The Balaban J connectivity index is 1.36. The summed E-state index contributed by atoms with van der Waals surface area (Å²) in [5, 5.41) is 8.04. The van der Waals surface area contributed by atoms with E-state index in [1.54, 1.807) is 41.8 Å². The van der Waals surface area contributed by atoms with E-state index >= 15 is 0 Å². The van der Waals surface area contributed by atoms with E-state index in [0.717, 1.165) is 12.0 Å². The molecule has 3 aromatic carbocycles. The van der Waals surface area contributed by atoms with Crippen LogP contribution in [0.4, 0.5) is 16.5 Å². The molecule has 0 saturated heterocycles. The fourth-order valence-corrected chi connectivity index (χ4v) is 4.11. The van der Waals surface area contributed by atoms with Crippen LogP contribution in [0.15, 0.2) is 89.1 Å². The molecular weight excluding hydrogens is 446 g/mol. The van der Waals surface area contributed by atoms with E-state index in [1.807, 2.05) is 30.3 Å². The van der Waals surface area contributed by atoms with Crippen molar-refractivity contribution in [2.75, 3.05) is 16.9 Å². The van der Waals surface area contributed by atoms with Gasteiger partial charge in [-0.25, -0.2) is 13.4 Å². The molecule has 0 saturated carbocycles. The lowest BCUT2D eigenvalue weighted by Crippen LogP contribution is -2.12. The standard InChI is InChI=1S/C23H19N3O4S2/c1-32(28,29)20-13-9-17(10-14-20)25-23-26-21(15-31-23)22(27)24-16-7-11-19(12-8-16)30-18-5-3-2-4-6-18/h2-15H,1H3,(H,24,27)(H,25,26). The molecule has 0 fully saturated rings. The van der Waals surface area contributed by atoms with Crippen molar-refractivity contribution in [3.63, 3.8) is 0 Å². The Bertz CT molecular complexity index is 1320. The van der Waals surface area contributed by atoms with Crippen molar-refractivity contribution in [3.05, 3.63) is 89.9 Å². The SMILES string of the molecule is CS(=O)(=O)c1ccc(Nc2nc(C(=O)Nc3ccc(Oc4ccccc4)cc3)cs2)cc1. The summed E-state index contributed by atoms with van der Waals surface area (Å²) < 4.78 is 28.8. The quantitative estimate of drug-likeness (QED) is 0.383. The number of sulfone groups is 1. The van der Waals surface area contributed by atoms with E-state index in [2.05, 4.69) is 15.6 Å². The average Bonchev–Trinajstić information content (AvgIpc) is 3.24. The van der Waals surface area contributed by atoms with Crippen LogP contribution in [0.25, 0.3) is 0 Å². The van der Waals surface area contributed by atoms with Crippen molar-refractivity contribution in [1.29, 1.82) is 0 Å². The summed E-state index contributed by atoms with van der Waals surface area (Å²) in [4.78, 5) is 17.1. The highest BCUT2D eigenvalue weighted by molar-refractivity contribution is 7.90. The van der Waals surface area contributed by atoms with Crippen LogP contribution in [0.3, 0.4) is 0 Å². The first-order valence-corrected chi connectivity index (χ1v) is 12.3. The van der Waals surface area contributed by atoms with E-state index in [1.165, 1.54) is 23.5 Å². The van der Waals surface area contributed by atoms with Crippen molar-refractivity contribution in [2.45, 2.75) is 4.90 Å². The van der Waals surface area contributed by atoms with Crippen LogP contribution in [-0.4, -0.2) is 25.6 Å². The number of aromatic nitrogens is 1. The predicted octanol–water partition coefficient (Wildman–Crippen LogP) is 5.33. The highest BCUT2D eigenvalue weighted by Crippen LogP contribution is 2.25. The number of para-hydroxylation sites is 1. The van der Waals surface area contributed by atoms with Gasteiger partial charge in [-0.3, -0.25) is 4.79 Å². The zero-order valence-electron chi connectivity index (χ0n) is 17.0. The lowest BCUT2D eigenvalue weighted by atomic mass is 10.3. The molecule has 1 heterocycles. The summed E-state index contributed by atoms with van der Waals surface area (Å²) in [5.41, 5.74) is 1.57. The molecule has 32 heavy (non-hydrogen) atoms. The Morgan fingerprint density at radius 1 is 0.875 bits per heavy atom. The summed E-state index contributed by atoms with van der Waals surface area (Å²) in [6.45, 7) is 0. The first-order valence-electron chi connectivity index (χ1n) is 9.54. The van der Waals surface area contributed by atoms with Crippen LogP contribution in [-0.2, 0) is 9.84 Å². The monoisotopic (exact) mass is 465 g/mol. The Morgan fingerprint density at radius 3 is 2.16 bits per heavy atom. The zero-order valence-corrected chi connectivity index (χ0v) is 18.6. The molecule has 0 bridgehead atoms. The highest BCUT2D eigenvalue weighted by Gasteiger charge is 2.12. The van der Waals surface area contributed by atoms with E-state index in [4.69, 9.17) is 4.74 Å². The number of nitrogens with one attached hydrogen (secondary N) is 2. The second-order valence-corrected chi connectivity index (χ2v) is 9.73. The van der Waals surface area contributed by atoms with Crippen molar-refractivity contribution in [3.8, 4) is 11.5 Å². The maximum Gasteiger partial charge on any atom is 0.275 e. The number of carbonyl (C=O) groups excluding carboxylic acids is 1. The van der Waals surface area contributed by atoms with E-state index in [0.29, 0.717) is 22.3 Å². The molecule has 0 radical (unpaired) electrons. The maximum atomic E-state index is 12.5. The molecular formula is C23H19N3O4S2. The molecule has 0 spiro atoms. The number of nitrogens with zero attached hydrogens (tertiary/aromatic N) is 1. The number of amides is 1. The fourth-order valence-electron chi connectivity index (χ4n) is 2.77. The van der Waals surface area contributed by atoms with Gasteiger partial charge in [0.2, 0.25) is 0 Å². The molecule has 1 aromatic heterocycles. The number of hydrogen-bond acceptors (Lipinski definition) is 7.